The Morgan fingerprint density at radius 2 is 2.07 bits per heavy atom. The third-order valence-corrected chi connectivity index (χ3v) is 3.39. The maximum Gasteiger partial charge on any atom is 0.254 e. The number of aromatic nitrogens is 3. The molecular weight excluding hydrogens is 210 g/mol. The minimum Gasteiger partial charge on any atom is -0.479 e. The van der Waals surface area contributed by atoms with E-state index in [0.29, 0.717) is 5.88 Å². The van der Waals surface area contributed by atoms with Gasteiger partial charge in [-0.3, -0.25) is 0 Å². The fourth-order valence-corrected chi connectivity index (χ4v) is 2.66. The van der Waals surface area contributed by atoms with Gasteiger partial charge in [-0.15, -0.1) is 16.4 Å². The van der Waals surface area contributed by atoms with Gasteiger partial charge in [0.25, 0.3) is 5.88 Å². The van der Waals surface area contributed by atoms with E-state index in [4.69, 9.17) is 4.74 Å². The lowest BCUT2D eigenvalue weighted by molar-refractivity contribution is 0.396. The molecule has 0 unspecified atom stereocenters. The van der Waals surface area contributed by atoms with Gasteiger partial charge in [0.15, 0.2) is 0 Å². The highest BCUT2D eigenvalue weighted by molar-refractivity contribution is 7.26. The van der Waals surface area contributed by atoms with Gasteiger partial charge in [0.05, 0.1) is 7.11 Å². The van der Waals surface area contributed by atoms with Gasteiger partial charge in [-0.2, -0.15) is 0 Å². The van der Waals surface area contributed by atoms with Crippen LogP contribution in [0.25, 0.3) is 20.3 Å². The lowest BCUT2D eigenvalue weighted by atomic mass is 10.2. The minimum absolute atomic E-state index is 0.543. The van der Waals surface area contributed by atoms with E-state index in [1.165, 1.54) is 4.70 Å². The van der Waals surface area contributed by atoms with Crippen LogP contribution in [0.3, 0.4) is 0 Å². The van der Waals surface area contributed by atoms with Gasteiger partial charge in [0.2, 0.25) is 0 Å². The van der Waals surface area contributed by atoms with Crippen molar-refractivity contribution in [1.29, 1.82) is 0 Å². The highest BCUT2D eigenvalue weighted by Crippen LogP contribution is 2.35. The van der Waals surface area contributed by atoms with E-state index in [9.17, 15) is 0 Å². The predicted molar refractivity (Wildman–Crippen MR) is 59.3 cm³/mol. The molecule has 0 amide bonds. The SMILES string of the molecule is COc1nnnc2c1sc1ccccc12. The largest absolute Gasteiger partial charge is 0.479 e. The molecule has 0 aliphatic rings. The predicted octanol–water partition coefficient (Wildman–Crippen LogP) is 2.25. The number of hydrogen-bond acceptors (Lipinski definition) is 5. The number of hydrogen-bond donors (Lipinski definition) is 0. The normalized spacial score (nSPS) is 11.0. The molecule has 15 heavy (non-hydrogen) atoms. The number of nitrogens with zero attached hydrogens (tertiary/aromatic N) is 3. The molecule has 0 aliphatic heterocycles. The summed E-state index contributed by atoms with van der Waals surface area (Å²) in [7, 11) is 1.59. The number of thiophene rings is 1. The summed E-state index contributed by atoms with van der Waals surface area (Å²) in [4.78, 5) is 0. The number of rotatable bonds is 1. The molecule has 0 saturated heterocycles. The van der Waals surface area contributed by atoms with Crippen LogP contribution in [0, 0.1) is 0 Å². The van der Waals surface area contributed by atoms with Crippen molar-refractivity contribution in [2.24, 2.45) is 0 Å². The van der Waals surface area contributed by atoms with Gasteiger partial charge in [-0.1, -0.05) is 23.3 Å². The zero-order chi connectivity index (χ0) is 10.3. The summed E-state index contributed by atoms with van der Waals surface area (Å²) in [5.74, 6) is 0.543. The monoisotopic (exact) mass is 217 g/mol. The Morgan fingerprint density at radius 1 is 1.20 bits per heavy atom. The molecule has 5 heteroatoms. The lowest BCUT2D eigenvalue weighted by Crippen LogP contribution is -1.92. The van der Waals surface area contributed by atoms with Crippen molar-refractivity contribution in [2.75, 3.05) is 7.11 Å². The molecule has 74 valence electrons. The van der Waals surface area contributed by atoms with Crippen LogP contribution in [-0.4, -0.2) is 22.5 Å². The molecule has 3 aromatic rings. The summed E-state index contributed by atoms with van der Waals surface area (Å²) in [6, 6.07) is 8.08. The van der Waals surface area contributed by atoms with Crippen LogP contribution >= 0.6 is 11.3 Å². The lowest BCUT2D eigenvalue weighted by Gasteiger charge is -1.95. The Morgan fingerprint density at radius 3 is 2.93 bits per heavy atom. The minimum atomic E-state index is 0.543. The average molecular weight is 217 g/mol. The highest BCUT2D eigenvalue weighted by Gasteiger charge is 2.11. The van der Waals surface area contributed by atoms with Crippen molar-refractivity contribution in [1.82, 2.24) is 15.4 Å². The molecule has 4 nitrogen and oxygen atoms in total. The Hall–Kier alpha value is -1.75. The maximum absolute atomic E-state index is 5.15. The first-order valence-electron chi connectivity index (χ1n) is 4.45. The van der Waals surface area contributed by atoms with Gasteiger partial charge >= 0.3 is 0 Å². The van der Waals surface area contributed by atoms with Crippen molar-refractivity contribution >= 4 is 31.6 Å². The Balaban J connectivity index is 2.53. The van der Waals surface area contributed by atoms with Crippen molar-refractivity contribution in [2.45, 2.75) is 0 Å². The van der Waals surface area contributed by atoms with E-state index in [0.717, 1.165) is 15.6 Å². The summed E-state index contributed by atoms with van der Waals surface area (Å²) >= 11 is 1.62. The standard InChI is InChI=1S/C10H7N3OS/c1-14-10-9-8(11-13-12-10)6-4-2-3-5-7(6)15-9/h2-5H,1H3. The van der Waals surface area contributed by atoms with Crippen molar-refractivity contribution in [3.05, 3.63) is 24.3 Å². The van der Waals surface area contributed by atoms with Gasteiger partial charge in [0, 0.05) is 10.1 Å². The second kappa shape index (κ2) is 3.13. The molecule has 3 rings (SSSR count). The second-order valence-electron chi connectivity index (χ2n) is 3.07. The summed E-state index contributed by atoms with van der Waals surface area (Å²) in [6.07, 6.45) is 0. The molecule has 0 fully saturated rings. The summed E-state index contributed by atoms with van der Waals surface area (Å²) in [5, 5.41) is 12.7. The van der Waals surface area contributed by atoms with E-state index in [2.05, 4.69) is 21.5 Å². The van der Waals surface area contributed by atoms with Crippen LogP contribution < -0.4 is 4.74 Å². The van der Waals surface area contributed by atoms with Crippen LogP contribution in [0.1, 0.15) is 0 Å². The second-order valence-corrected chi connectivity index (χ2v) is 4.13. The Bertz CT molecular complexity index is 635. The van der Waals surface area contributed by atoms with E-state index >= 15 is 0 Å². The quantitative estimate of drug-likeness (QED) is 0.627. The van der Waals surface area contributed by atoms with E-state index in [1.54, 1.807) is 18.4 Å². The van der Waals surface area contributed by atoms with Crippen LogP contribution in [0.4, 0.5) is 0 Å². The molecule has 1 aromatic carbocycles. The third kappa shape index (κ3) is 1.16. The first-order chi connectivity index (χ1) is 7.40. The summed E-state index contributed by atoms with van der Waals surface area (Å²) in [5.41, 5.74) is 0.863. The first-order valence-corrected chi connectivity index (χ1v) is 5.26. The average Bonchev–Trinajstić information content (AvgIpc) is 2.67. The number of benzene rings is 1. The number of methoxy groups -OCH3 is 1. The van der Waals surface area contributed by atoms with Crippen molar-refractivity contribution < 1.29 is 4.74 Å². The van der Waals surface area contributed by atoms with Gasteiger partial charge < -0.3 is 4.74 Å². The third-order valence-electron chi connectivity index (χ3n) is 2.24. The van der Waals surface area contributed by atoms with Crippen molar-refractivity contribution in [3.8, 4) is 5.88 Å². The first kappa shape index (κ1) is 8.55. The van der Waals surface area contributed by atoms with E-state index < -0.39 is 0 Å². The van der Waals surface area contributed by atoms with Gasteiger partial charge in [-0.25, -0.2) is 0 Å². The summed E-state index contributed by atoms with van der Waals surface area (Å²) in [6.45, 7) is 0. The fourth-order valence-electron chi connectivity index (χ4n) is 1.56. The number of fused-ring (bicyclic) bond motifs is 3. The topological polar surface area (TPSA) is 47.9 Å². The molecule has 2 aromatic heterocycles. The zero-order valence-electron chi connectivity index (χ0n) is 7.97. The van der Waals surface area contributed by atoms with Crippen LogP contribution in [0.2, 0.25) is 0 Å². The van der Waals surface area contributed by atoms with Crippen LogP contribution in [0.15, 0.2) is 24.3 Å². The molecule has 0 atom stereocenters. The Labute approximate surface area is 89.5 Å². The molecular formula is C10H7N3OS. The van der Waals surface area contributed by atoms with E-state index in [-0.39, 0.29) is 0 Å². The highest BCUT2D eigenvalue weighted by atomic mass is 32.1. The summed E-state index contributed by atoms with van der Waals surface area (Å²) < 4.78 is 7.28. The van der Waals surface area contributed by atoms with Crippen LogP contribution in [0.5, 0.6) is 5.88 Å². The molecule has 0 bridgehead atoms. The van der Waals surface area contributed by atoms with Gasteiger partial charge in [0.1, 0.15) is 10.2 Å². The van der Waals surface area contributed by atoms with Crippen LogP contribution in [-0.2, 0) is 0 Å². The Kier molecular flexibility index (Phi) is 1.78. The zero-order valence-corrected chi connectivity index (χ0v) is 8.78. The molecule has 0 saturated carbocycles. The molecule has 0 spiro atoms. The number of ether oxygens (including phenoxy) is 1. The van der Waals surface area contributed by atoms with E-state index in [1.807, 2.05) is 18.2 Å². The smallest absolute Gasteiger partial charge is 0.254 e. The molecule has 0 radical (unpaired) electrons. The molecule has 2 heterocycles. The molecule has 0 aliphatic carbocycles. The van der Waals surface area contributed by atoms with Gasteiger partial charge in [-0.05, 0) is 11.3 Å². The maximum atomic E-state index is 5.15. The molecule has 0 N–H and O–H groups in total. The fraction of sp³-hybridized carbons (Fsp3) is 0.100. The van der Waals surface area contributed by atoms with Crippen molar-refractivity contribution in [3.63, 3.8) is 0 Å².